The van der Waals surface area contributed by atoms with E-state index >= 15 is 0 Å². The van der Waals surface area contributed by atoms with E-state index in [0.29, 0.717) is 6.61 Å². The van der Waals surface area contributed by atoms with E-state index < -0.39 is 10.8 Å². The van der Waals surface area contributed by atoms with Gasteiger partial charge >= 0.3 is 5.69 Å². The maximum absolute atomic E-state index is 10.9. The second-order valence-electron chi connectivity index (χ2n) is 4.01. The Morgan fingerprint density at radius 1 is 1.53 bits per heavy atom. The lowest BCUT2D eigenvalue weighted by Gasteiger charge is -2.09. The molecule has 0 fully saturated rings. The summed E-state index contributed by atoms with van der Waals surface area (Å²) in [7, 11) is 0. The second kappa shape index (κ2) is 5.29. The molecule has 6 heteroatoms. The zero-order valence-corrected chi connectivity index (χ0v) is 9.67. The highest BCUT2D eigenvalue weighted by molar-refractivity contribution is 5.93. The van der Waals surface area contributed by atoms with Crippen LogP contribution in [0.1, 0.15) is 24.2 Å². The van der Waals surface area contributed by atoms with Gasteiger partial charge in [-0.25, -0.2) is 0 Å². The average Bonchev–Trinajstić information content (AvgIpc) is 2.25. The van der Waals surface area contributed by atoms with Crippen molar-refractivity contribution in [3.05, 3.63) is 33.9 Å². The molecule has 2 N–H and O–H groups in total. The minimum atomic E-state index is -0.705. The second-order valence-corrected chi connectivity index (χ2v) is 4.01. The van der Waals surface area contributed by atoms with Gasteiger partial charge in [0.2, 0.25) is 5.91 Å². The number of nitrogens with two attached hydrogens (primary N) is 1. The van der Waals surface area contributed by atoms with Gasteiger partial charge in [-0.2, -0.15) is 0 Å². The van der Waals surface area contributed by atoms with E-state index in [1.165, 1.54) is 12.1 Å². The van der Waals surface area contributed by atoms with Gasteiger partial charge in [0.05, 0.1) is 11.5 Å². The van der Waals surface area contributed by atoms with Gasteiger partial charge in [0.1, 0.15) is 0 Å². The molecule has 1 aromatic rings. The molecule has 0 spiro atoms. The van der Waals surface area contributed by atoms with Crippen LogP contribution in [0.4, 0.5) is 5.69 Å². The third-order valence-electron chi connectivity index (χ3n) is 2.01. The van der Waals surface area contributed by atoms with Crippen LogP contribution in [0.15, 0.2) is 18.2 Å². The maximum atomic E-state index is 10.9. The number of nitro groups is 1. The number of hydrogen-bond acceptors (Lipinski definition) is 4. The van der Waals surface area contributed by atoms with Crippen LogP contribution >= 0.6 is 0 Å². The molecule has 1 rings (SSSR count). The number of rotatable bonds is 5. The molecule has 0 atom stereocenters. The first-order valence-electron chi connectivity index (χ1n) is 5.13. The number of benzene rings is 1. The van der Waals surface area contributed by atoms with Gasteiger partial charge in [-0.05, 0) is 18.1 Å². The first kappa shape index (κ1) is 13.0. The van der Waals surface area contributed by atoms with Crippen molar-refractivity contribution in [3.8, 4) is 5.75 Å². The highest BCUT2D eigenvalue weighted by atomic mass is 16.6. The molecule has 0 aromatic heterocycles. The van der Waals surface area contributed by atoms with E-state index in [2.05, 4.69) is 0 Å². The molecular formula is C11H14N2O4. The Morgan fingerprint density at radius 3 is 2.65 bits per heavy atom. The van der Waals surface area contributed by atoms with Crippen molar-refractivity contribution in [2.24, 2.45) is 11.7 Å². The number of nitrogens with zero attached hydrogens (tertiary/aromatic N) is 1. The molecule has 0 radical (unpaired) electrons. The lowest BCUT2D eigenvalue weighted by Crippen LogP contribution is -2.12. The Hall–Kier alpha value is -2.11. The molecule has 17 heavy (non-hydrogen) atoms. The zero-order valence-electron chi connectivity index (χ0n) is 9.67. The van der Waals surface area contributed by atoms with E-state index in [1.54, 1.807) is 0 Å². The molecule has 6 nitrogen and oxygen atoms in total. The fourth-order valence-corrected chi connectivity index (χ4v) is 1.19. The molecule has 0 heterocycles. The largest absolute Gasteiger partial charge is 0.487 e. The first-order chi connectivity index (χ1) is 7.91. The topological polar surface area (TPSA) is 95.5 Å². The average molecular weight is 238 g/mol. The summed E-state index contributed by atoms with van der Waals surface area (Å²) < 4.78 is 5.30. The Kier molecular flexibility index (Phi) is 4.03. The van der Waals surface area contributed by atoms with Crippen molar-refractivity contribution in [1.82, 2.24) is 0 Å². The molecule has 1 aromatic carbocycles. The summed E-state index contributed by atoms with van der Waals surface area (Å²) in [5.41, 5.74) is 4.90. The number of hydrogen-bond donors (Lipinski definition) is 1. The molecule has 0 unspecified atom stereocenters. The van der Waals surface area contributed by atoms with Crippen LogP contribution in [0.3, 0.4) is 0 Å². The summed E-state index contributed by atoms with van der Waals surface area (Å²) in [6, 6.07) is 3.92. The van der Waals surface area contributed by atoms with Crippen molar-refractivity contribution in [1.29, 1.82) is 0 Å². The number of nitro benzene ring substituents is 1. The van der Waals surface area contributed by atoms with E-state index in [9.17, 15) is 14.9 Å². The molecule has 0 bridgehead atoms. The van der Waals surface area contributed by atoms with Crippen LogP contribution in [0.2, 0.25) is 0 Å². The first-order valence-corrected chi connectivity index (χ1v) is 5.13. The Morgan fingerprint density at radius 2 is 2.18 bits per heavy atom. The van der Waals surface area contributed by atoms with Crippen molar-refractivity contribution in [3.63, 3.8) is 0 Å². The van der Waals surface area contributed by atoms with Crippen molar-refractivity contribution >= 4 is 11.6 Å². The normalized spacial score (nSPS) is 10.3. The number of amides is 1. The minimum absolute atomic E-state index is 0.0913. The van der Waals surface area contributed by atoms with Gasteiger partial charge in [-0.3, -0.25) is 14.9 Å². The van der Waals surface area contributed by atoms with Crippen molar-refractivity contribution in [2.45, 2.75) is 13.8 Å². The maximum Gasteiger partial charge on any atom is 0.311 e. The summed E-state index contributed by atoms with van der Waals surface area (Å²) in [6.45, 7) is 4.24. The fourth-order valence-electron chi connectivity index (χ4n) is 1.19. The van der Waals surface area contributed by atoms with Crippen molar-refractivity contribution < 1.29 is 14.5 Å². The number of carbonyl (C=O) groups excluding carboxylic acids is 1. The lowest BCUT2D eigenvalue weighted by atomic mass is 10.2. The van der Waals surface area contributed by atoms with E-state index in [0.717, 1.165) is 6.07 Å². The van der Waals surface area contributed by atoms with Gasteiger partial charge in [0.15, 0.2) is 5.75 Å². The molecule has 0 aliphatic heterocycles. The van der Waals surface area contributed by atoms with Crippen molar-refractivity contribution in [2.75, 3.05) is 6.61 Å². The van der Waals surface area contributed by atoms with Crippen LogP contribution in [0.25, 0.3) is 0 Å². The molecular weight excluding hydrogens is 224 g/mol. The monoisotopic (exact) mass is 238 g/mol. The Bertz CT molecular complexity index is 443. The van der Waals surface area contributed by atoms with Crippen LogP contribution in [0.5, 0.6) is 5.75 Å². The SMILES string of the molecule is CC(C)COc1ccc(C(N)=O)cc1[N+](=O)[O-]. The van der Waals surface area contributed by atoms with Gasteiger partial charge in [-0.15, -0.1) is 0 Å². The van der Waals surface area contributed by atoms with E-state index in [4.69, 9.17) is 10.5 Å². The van der Waals surface area contributed by atoms with Gasteiger partial charge < -0.3 is 10.5 Å². The third kappa shape index (κ3) is 3.44. The standard InChI is InChI=1S/C11H14N2O4/c1-7(2)6-17-10-4-3-8(11(12)14)5-9(10)13(15)16/h3-5,7H,6H2,1-2H3,(H2,12,14). The molecule has 0 saturated heterocycles. The Balaban J connectivity index is 3.04. The van der Waals surface area contributed by atoms with Gasteiger partial charge in [-0.1, -0.05) is 13.8 Å². The summed E-state index contributed by atoms with van der Waals surface area (Å²) in [4.78, 5) is 21.1. The Labute approximate surface area is 98.5 Å². The minimum Gasteiger partial charge on any atom is -0.487 e. The number of primary amides is 1. The molecule has 0 saturated carbocycles. The number of ether oxygens (including phenoxy) is 1. The molecule has 1 amide bonds. The summed E-state index contributed by atoms with van der Waals surface area (Å²) in [6.07, 6.45) is 0. The number of carbonyl (C=O) groups is 1. The smallest absolute Gasteiger partial charge is 0.311 e. The highest BCUT2D eigenvalue weighted by Crippen LogP contribution is 2.28. The predicted octanol–water partition coefficient (Wildman–Crippen LogP) is 1.73. The molecule has 0 aliphatic carbocycles. The van der Waals surface area contributed by atoms with E-state index in [-0.39, 0.29) is 22.9 Å². The van der Waals surface area contributed by atoms with Crippen LogP contribution in [0, 0.1) is 16.0 Å². The summed E-state index contributed by atoms with van der Waals surface area (Å²) in [5, 5.41) is 10.8. The summed E-state index contributed by atoms with van der Waals surface area (Å²) >= 11 is 0. The zero-order chi connectivity index (χ0) is 13.0. The van der Waals surface area contributed by atoms with Crippen LogP contribution < -0.4 is 10.5 Å². The quantitative estimate of drug-likeness (QED) is 0.624. The van der Waals surface area contributed by atoms with Crippen LogP contribution in [-0.4, -0.2) is 17.4 Å². The van der Waals surface area contributed by atoms with E-state index in [1.807, 2.05) is 13.8 Å². The molecule has 0 aliphatic rings. The predicted molar refractivity (Wildman–Crippen MR) is 61.9 cm³/mol. The lowest BCUT2D eigenvalue weighted by molar-refractivity contribution is -0.385. The summed E-state index contributed by atoms with van der Waals surface area (Å²) in [5.74, 6) is -0.303. The molecule has 92 valence electrons. The fraction of sp³-hybridized carbons (Fsp3) is 0.364. The highest BCUT2D eigenvalue weighted by Gasteiger charge is 2.17. The third-order valence-corrected chi connectivity index (χ3v) is 2.01. The van der Waals surface area contributed by atoms with Gasteiger partial charge in [0, 0.05) is 11.6 Å². The van der Waals surface area contributed by atoms with Crippen LogP contribution in [-0.2, 0) is 0 Å². The van der Waals surface area contributed by atoms with Gasteiger partial charge in [0.25, 0.3) is 0 Å².